The highest BCUT2D eigenvalue weighted by Gasteiger charge is 2.09. The highest BCUT2D eigenvalue weighted by atomic mass is 15.2. The molecule has 0 aliphatic carbocycles. The summed E-state index contributed by atoms with van der Waals surface area (Å²) in [6.07, 6.45) is 3.88. The largest absolute Gasteiger partial charge is 0.356 e. The predicted molar refractivity (Wildman–Crippen MR) is 66.5 cm³/mol. The minimum Gasteiger partial charge on any atom is -0.356 e. The second-order valence-corrected chi connectivity index (χ2v) is 3.96. The van der Waals surface area contributed by atoms with E-state index in [0.717, 1.165) is 37.3 Å². The first-order chi connectivity index (χ1) is 7.72. The van der Waals surface area contributed by atoms with Gasteiger partial charge in [0.15, 0.2) is 0 Å². The fourth-order valence-electron chi connectivity index (χ4n) is 1.82. The lowest BCUT2D eigenvalue weighted by Gasteiger charge is -2.24. The van der Waals surface area contributed by atoms with Crippen molar-refractivity contribution >= 4 is 5.82 Å². The van der Waals surface area contributed by atoms with Crippen LogP contribution in [0.2, 0.25) is 0 Å². The number of pyridine rings is 1. The van der Waals surface area contributed by atoms with Crippen LogP contribution in [0.15, 0.2) is 12.3 Å². The summed E-state index contributed by atoms with van der Waals surface area (Å²) in [5, 5.41) is 8.79. The van der Waals surface area contributed by atoms with Gasteiger partial charge in [0.1, 0.15) is 11.9 Å². The van der Waals surface area contributed by atoms with E-state index < -0.39 is 0 Å². The molecular weight excluding hydrogens is 198 g/mol. The maximum atomic E-state index is 8.79. The molecule has 1 aromatic heterocycles. The van der Waals surface area contributed by atoms with E-state index in [1.807, 2.05) is 13.0 Å². The van der Waals surface area contributed by atoms with Crippen LogP contribution in [-0.2, 0) is 0 Å². The molecule has 0 spiro atoms. The Morgan fingerprint density at radius 2 is 1.94 bits per heavy atom. The monoisotopic (exact) mass is 217 g/mol. The molecule has 1 rings (SSSR count). The van der Waals surface area contributed by atoms with Gasteiger partial charge >= 0.3 is 0 Å². The second kappa shape index (κ2) is 6.12. The zero-order valence-corrected chi connectivity index (χ0v) is 10.3. The van der Waals surface area contributed by atoms with Gasteiger partial charge in [-0.2, -0.15) is 5.26 Å². The van der Waals surface area contributed by atoms with Gasteiger partial charge in [-0.1, -0.05) is 13.8 Å². The molecule has 86 valence electrons. The lowest BCUT2D eigenvalue weighted by Crippen LogP contribution is -2.26. The SMILES string of the molecule is CCCN(CCC)c1ncc(C#N)cc1C. The number of aromatic nitrogens is 1. The van der Waals surface area contributed by atoms with Gasteiger partial charge in [0.05, 0.1) is 5.56 Å². The maximum absolute atomic E-state index is 8.79. The molecule has 0 aromatic carbocycles. The first-order valence-corrected chi connectivity index (χ1v) is 5.84. The third kappa shape index (κ3) is 2.96. The summed E-state index contributed by atoms with van der Waals surface area (Å²) >= 11 is 0. The van der Waals surface area contributed by atoms with Crippen molar-refractivity contribution in [1.82, 2.24) is 4.98 Å². The van der Waals surface area contributed by atoms with Crippen LogP contribution < -0.4 is 4.90 Å². The topological polar surface area (TPSA) is 39.9 Å². The summed E-state index contributed by atoms with van der Waals surface area (Å²) in [6.45, 7) is 8.39. The van der Waals surface area contributed by atoms with E-state index in [2.05, 4.69) is 29.8 Å². The van der Waals surface area contributed by atoms with Crippen molar-refractivity contribution < 1.29 is 0 Å². The minimum atomic E-state index is 0.634. The molecule has 3 heteroatoms. The van der Waals surface area contributed by atoms with Crippen LogP contribution in [0.5, 0.6) is 0 Å². The third-order valence-electron chi connectivity index (χ3n) is 2.47. The first-order valence-electron chi connectivity index (χ1n) is 5.84. The molecule has 0 aliphatic heterocycles. The number of hydrogen-bond donors (Lipinski definition) is 0. The van der Waals surface area contributed by atoms with E-state index in [0.29, 0.717) is 5.56 Å². The normalized spacial score (nSPS) is 9.88. The van der Waals surface area contributed by atoms with Crippen molar-refractivity contribution in [3.63, 3.8) is 0 Å². The molecule has 0 saturated heterocycles. The molecule has 1 aromatic rings. The molecule has 0 unspecified atom stereocenters. The van der Waals surface area contributed by atoms with Crippen LogP contribution in [0.4, 0.5) is 5.82 Å². The Balaban J connectivity index is 2.96. The van der Waals surface area contributed by atoms with Gasteiger partial charge < -0.3 is 4.90 Å². The zero-order chi connectivity index (χ0) is 12.0. The molecule has 1 heterocycles. The highest BCUT2D eigenvalue weighted by molar-refractivity contribution is 5.49. The lowest BCUT2D eigenvalue weighted by molar-refractivity contribution is 0.731. The summed E-state index contributed by atoms with van der Waals surface area (Å²) < 4.78 is 0. The van der Waals surface area contributed by atoms with Crippen molar-refractivity contribution in [1.29, 1.82) is 5.26 Å². The second-order valence-electron chi connectivity index (χ2n) is 3.96. The summed E-state index contributed by atoms with van der Waals surface area (Å²) in [7, 11) is 0. The van der Waals surface area contributed by atoms with Crippen LogP contribution >= 0.6 is 0 Å². The van der Waals surface area contributed by atoms with Gasteiger partial charge in [-0.05, 0) is 31.4 Å². The van der Waals surface area contributed by atoms with Gasteiger partial charge in [0.25, 0.3) is 0 Å². The number of nitrogens with zero attached hydrogens (tertiary/aromatic N) is 3. The summed E-state index contributed by atoms with van der Waals surface area (Å²) in [5.74, 6) is 1.02. The Kier molecular flexibility index (Phi) is 4.78. The molecule has 0 saturated carbocycles. The van der Waals surface area contributed by atoms with E-state index in [1.54, 1.807) is 6.20 Å². The third-order valence-corrected chi connectivity index (χ3v) is 2.47. The Labute approximate surface area is 97.7 Å². The molecule has 0 fully saturated rings. The maximum Gasteiger partial charge on any atom is 0.131 e. The van der Waals surface area contributed by atoms with Gasteiger partial charge in [-0.25, -0.2) is 4.98 Å². The van der Waals surface area contributed by atoms with Crippen LogP contribution in [0.25, 0.3) is 0 Å². The van der Waals surface area contributed by atoms with E-state index in [4.69, 9.17) is 5.26 Å². The van der Waals surface area contributed by atoms with Gasteiger partial charge in [-0.15, -0.1) is 0 Å². The van der Waals surface area contributed by atoms with E-state index in [-0.39, 0.29) is 0 Å². The van der Waals surface area contributed by atoms with Crippen molar-refractivity contribution in [3.05, 3.63) is 23.4 Å². The van der Waals surface area contributed by atoms with E-state index in [9.17, 15) is 0 Å². The number of anilines is 1. The summed E-state index contributed by atoms with van der Waals surface area (Å²) in [6, 6.07) is 4.02. The molecular formula is C13H19N3. The highest BCUT2D eigenvalue weighted by Crippen LogP contribution is 2.18. The van der Waals surface area contributed by atoms with E-state index in [1.165, 1.54) is 0 Å². The van der Waals surface area contributed by atoms with Crippen molar-refractivity contribution in [2.75, 3.05) is 18.0 Å². The zero-order valence-electron chi connectivity index (χ0n) is 10.3. The summed E-state index contributed by atoms with van der Waals surface area (Å²) in [5.41, 5.74) is 1.72. The fourth-order valence-corrected chi connectivity index (χ4v) is 1.82. The predicted octanol–water partition coefficient (Wildman–Crippen LogP) is 2.89. The van der Waals surface area contributed by atoms with Gasteiger partial charge in [-0.3, -0.25) is 0 Å². The Morgan fingerprint density at radius 1 is 1.31 bits per heavy atom. The summed E-state index contributed by atoms with van der Waals surface area (Å²) in [4.78, 5) is 6.68. The Bertz CT molecular complexity index is 373. The lowest BCUT2D eigenvalue weighted by atomic mass is 10.2. The first kappa shape index (κ1) is 12.5. The minimum absolute atomic E-state index is 0.634. The fraction of sp³-hybridized carbons (Fsp3) is 0.538. The Morgan fingerprint density at radius 3 is 2.38 bits per heavy atom. The molecule has 3 nitrogen and oxygen atoms in total. The number of nitriles is 1. The van der Waals surface area contributed by atoms with Crippen molar-refractivity contribution in [2.45, 2.75) is 33.6 Å². The van der Waals surface area contributed by atoms with Crippen LogP contribution in [0.3, 0.4) is 0 Å². The molecule has 0 N–H and O–H groups in total. The van der Waals surface area contributed by atoms with Crippen LogP contribution in [-0.4, -0.2) is 18.1 Å². The number of aryl methyl sites for hydroxylation is 1. The molecule has 16 heavy (non-hydrogen) atoms. The average Bonchev–Trinajstić information content (AvgIpc) is 2.29. The number of hydrogen-bond acceptors (Lipinski definition) is 3. The quantitative estimate of drug-likeness (QED) is 0.761. The average molecular weight is 217 g/mol. The molecule has 0 bridgehead atoms. The smallest absolute Gasteiger partial charge is 0.131 e. The van der Waals surface area contributed by atoms with Crippen LogP contribution in [0.1, 0.15) is 37.8 Å². The van der Waals surface area contributed by atoms with Crippen molar-refractivity contribution in [3.8, 4) is 6.07 Å². The Hall–Kier alpha value is -1.56. The standard InChI is InChI=1S/C13H19N3/c1-4-6-16(7-5-2)13-11(3)8-12(9-14)10-15-13/h8,10H,4-7H2,1-3H3. The van der Waals surface area contributed by atoms with Crippen molar-refractivity contribution in [2.24, 2.45) is 0 Å². The molecule has 0 amide bonds. The van der Waals surface area contributed by atoms with Crippen LogP contribution in [0, 0.1) is 18.3 Å². The van der Waals surface area contributed by atoms with Gasteiger partial charge in [0.2, 0.25) is 0 Å². The molecule has 0 atom stereocenters. The van der Waals surface area contributed by atoms with E-state index >= 15 is 0 Å². The van der Waals surface area contributed by atoms with Gasteiger partial charge in [0, 0.05) is 19.3 Å². The molecule has 0 aliphatic rings. The number of rotatable bonds is 5. The molecule has 0 radical (unpaired) electrons.